The van der Waals surface area contributed by atoms with E-state index in [1.165, 1.54) is 0 Å². The summed E-state index contributed by atoms with van der Waals surface area (Å²) in [6.45, 7) is 5.13. The normalized spacial score (nSPS) is 10.2. The highest BCUT2D eigenvalue weighted by atomic mass is 16.5. The molecule has 1 aromatic heterocycles. The van der Waals surface area contributed by atoms with Crippen molar-refractivity contribution in [2.75, 3.05) is 19.0 Å². The highest BCUT2D eigenvalue weighted by molar-refractivity contribution is 5.43. The van der Waals surface area contributed by atoms with Gasteiger partial charge >= 0.3 is 0 Å². The Morgan fingerprint density at radius 2 is 2.05 bits per heavy atom. The quantitative estimate of drug-likeness (QED) is 0.877. The van der Waals surface area contributed by atoms with Gasteiger partial charge in [-0.05, 0) is 37.6 Å². The second kappa shape index (κ2) is 6.75. The highest BCUT2D eigenvalue weighted by Crippen LogP contribution is 2.28. The van der Waals surface area contributed by atoms with E-state index in [1.54, 1.807) is 13.3 Å². The van der Waals surface area contributed by atoms with Crippen LogP contribution in [0.5, 0.6) is 11.5 Å². The van der Waals surface area contributed by atoms with Crippen LogP contribution in [0, 0.1) is 6.92 Å². The molecule has 1 heterocycles. The molecule has 0 saturated heterocycles. The van der Waals surface area contributed by atoms with E-state index < -0.39 is 0 Å². The van der Waals surface area contributed by atoms with Crippen LogP contribution < -0.4 is 14.8 Å². The van der Waals surface area contributed by atoms with E-state index >= 15 is 0 Å². The Morgan fingerprint density at radius 3 is 2.75 bits per heavy atom. The molecule has 0 atom stereocenters. The molecule has 0 radical (unpaired) electrons. The summed E-state index contributed by atoms with van der Waals surface area (Å²) in [7, 11) is 1.64. The Kier molecular flexibility index (Phi) is 4.76. The standard InChI is InChI=1S/C15H19N3O2/c1-4-20-14-9-12(5-6-13(14)19-3)10-17-15-16-8-7-11(2)18-15/h5-9H,4,10H2,1-3H3,(H,16,17,18). The SMILES string of the molecule is CCOc1cc(CNc2nccc(C)n2)ccc1OC. The number of rotatable bonds is 6. The van der Waals surface area contributed by atoms with E-state index in [1.807, 2.05) is 38.1 Å². The van der Waals surface area contributed by atoms with Crippen molar-refractivity contribution >= 4 is 5.95 Å². The minimum atomic E-state index is 0.605. The van der Waals surface area contributed by atoms with Crippen molar-refractivity contribution < 1.29 is 9.47 Å². The summed E-state index contributed by atoms with van der Waals surface area (Å²) in [5, 5.41) is 3.19. The Hall–Kier alpha value is -2.30. The van der Waals surface area contributed by atoms with Crippen LogP contribution in [0.25, 0.3) is 0 Å². The average molecular weight is 273 g/mol. The first-order valence-corrected chi connectivity index (χ1v) is 6.56. The maximum absolute atomic E-state index is 5.56. The summed E-state index contributed by atoms with van der Waals surface area (Å²) in [5.74, 6) is 2.11. The first-order chi connectivity index (χ1) is 9.72. The van der Waals surface area contributed by atoms with Gasteiger partial charge in [0.1, 0.15) is 0 Å². The lowest BCUT2D eigenvalue weighted by atomic mass is 10.2. The maximum atomic E-state index is 5.56. The number of hydrogen-bond donors (Lipinski definition) is 1. The van der Waals surface area contributed by atoms with Crippen LogP contribution in [-0.4, -0.2) is 23.7 Å². The lowest BCUT2D eigenvalue weighted by Gasteiger charge is -2.11. The summed E-state index contributed by atoms with van der Waals surface area (Å²) < 4.78 is 10.8. The lowest BCUT2D eigenvalue weighted by Crippen LogP contribution is -2.04. The van der Waals surface area contributed by atoms with E-state index in [0.717, 1.165) is 22.8 Å². The molecule has 0 bridgehead atoms. The van der Waals surface area contributed by atoms with Crippen molar-refractivity contribution in [1.29, 1.82) is 0 Å². The third-order valence-corrected chi connectivity index (χ3v) is 2.77. The highest BCUT2D eigenvalue weighted by Gasteiger charge is 2.05. The predicted octanol–water partition coefficient (Wildman–Crippen LogP) is 2.80. The Morgan fingerprint density at radius 1 is 1.20 bits per heavy atom. The Labute approximate surface area is 119 Å². The minimum Gasteiger partial charge on any atom is -0.493 e. The second-order valence-electron chi connectivity index (χ2n) is 4.29. The van der Waals surface area contributed by atoms with Crippen molar-refractivity contribution in [3.8, 4) is 11.5 Å². The molecule has 5 heteroatoms. The molecule has 20 heavy (non-hydrogen) atoms. The van der Waals surface area contributed by atoms with Gasteiger partial charge in [0.05, 0.1) is 13.7 Å². The summed E-state index contributed by atoms with van der Waals surface area (Å²) in [6.07, 6.45) is 1.74. The van der Waals surface area contributed by atoms with E-state index in [4.69, 9.17) is 9.47 Å². The van der Waals surface area contributed by atoms with Crippen molar-refractivity contribution in [2.45, 2.75) is 20.4 Å². The van der Waals surface area contributed by atoms with E-state index in [2.05, 4.69) is 15.3 Å². The predicted molar refractivity (Wildman–Crippen MR) is 78.3 cm³/mol. The van der Waals surface area contributed by atoms with Gasteiger partial charge in [0, 0.05) is 18.4 Å². The van der Waals surface area contributed by atoms with Crippen LogP contribution in [0.15, 0.2) is 30.5 Å². The van der Waals surface area contributed by atoms with Gasteiger partial charge in [-0.25, -0.2) is 9.97 Å². The fraction of sp³-hybridized carbons (Fsp3) is 0.333. The van der Waals surface area contributed by atoms with Gasteiger partial charge in [-0.2, -0.15) is 0 Å². The largest absolute Gasteiger partial charge is 0.493 e. The zero-order valence-corrected chi connectivity index (χ0v) is 12.0. The molecule has 0 amide bonds. The van der Waals surface area contributed by atoms with Crippen molar-refractivity contribution in [1.82, 2.24) is 9.97 Å². The maximum Gasteiger partial charge on any atom is 0.223 e. The molecule has 0 unspecified atom stereocenters. The number of anilines is 1. The van der Waals surface area contributed by atoms with Gasteiger partial charge in [0.2, 0.25) is 5.95 Å². The van der Waals surface area contributed by atoms with Crippen molar-refractivity contribution in [3.63, 3.8) is 0 Å². The molecule has 1 aromatic carbocycles. The van der Waals surface area contributed by atoms with Crippen LogP contribution in [0.2, 0.25) is 0 Å². The van der Waals surface area contributed by atoms with Crippen LogP contribution >= 0.6 is 0 Å². The van der Waals surface area contributed by atoms with E-state index in [9.17, 15) is 0 Å². The summed E-state index contributed by atoms with van der Waals surface area (Å²) >= 11 is 0. The van der Waals surface area contributed by atoms with Gasteiger partial charge in [-0.1, -0.05) is 6.07 Å². The van der Waals surface area contributed by atoms with E-state index in [0.29, 0.717) is 19.1 Å². The summed E-state index contributed by atoms with van der Waals surface area (Å²) in [4.78, 5) is 8.47. The van der Waals surface area contributed by atoms with Gasteiger partial charge in [0.15, 0.2) is 11.5 Å². The summed E-state index contributed by atoms with van der Waals surface area (Å²) in [6, 6.07) is 7.72. The third kappa shape index (κ3) is 3.60. The number of methoxy groups -OCH3 is 1. The molecule has 0 spiro atoms. The molecule has 106 valence electrons. The summed E-state index contributed by atoms with van der Waals surface area (Å²) in [5.41, 5.74) is 2.02. The number of nitrogens with zero attached hydrogens (tertiary/aromatic N) is 2. The first kappa shape index (κ1) is 14.1. The molecule has 0 aliphatic rings. The molecule has 0 saturated carbocycles. The van der Waals surface area contributed by atoms with Gasteiger partial charge in [-0.3, -0.25) is 0 Å². The number of aryl methyl sites for hydroxylation is 1. The molecule has 2 aromatic rings. The average Bonchev–Trinajstić information content (AvgIpc) is 2.46. The Balaban J connectivity index is 2.07. The number of ether oxygens (including phenoxy) is 2. The van der Waals surface area contributed by atoms with Crippen LogP contribution in [0.4, 0.5) is 5.95 Å². The monoisotopic (exact) mass is 273 g/mol. The van der Waals surface area contributed by atoms with Gasteiger partial charge in [0.25, 0.3) is 0 Å². The smallest absolute Gasteiger partial charge is 0.223 e. The molecule has 2 rings (SSSR count). The topological polar surface area (TPSA) is 56.3 Å². The number of hydrogen-bond acceptors (Lipinski definition) is 5. The van der Waals surface area contributed by atoms with Crippen molar-refractivity contribution in [3.05, 3.63) is 41.7 Å². The van der Waals surface area contributed by atoms with Crippen LogP contribution in [0.1, 0.15) is 18.2 Å². The molecule has 1 N–H and O–H groups in total. The number of benzene rings is 1. The fourth-order valence-corrected chi connectivity index (χ4v) is 1.81. The number of aromatic nitrogens is 2. The molecular formula is C15H19N3O2. The third-order valence-electron chi connectivity index (χ3n) is 2.77. The molecule has 0 fully saturated rings. The minimum absolute atomic E-state index is 0.605. The van der Waals surface area contributed by atoms with Crippen LogP contribution in [0.3, 0.4) is 0 Å². The van der Waals surface area contributed by atoms with Crippen LogP contribution in [-0.2, 0) is 6.54 Å². The first-order valence-electron chi connectivity index (χ1n) is 6.56. The second-order valence-corrected chi connectivity index (χ2v) is 4.29. The molecule has 0 aliphatic heterocycles. The molecular weight excluding hydrogens is 254 g/mol. The Bertz CT molecular complexity index is 573. The molecule has 5 nitrogen and oxygen atoms in total. The number of nitrogens with one attached hydrogen (secondary N) is 1. The van der Waals surface area contributed by atoms with E-state index in [-0.39, 0.29) is 0 Å². The fourth-order valence-electron chi connectivity index (χ4n) is 1.81. The zero-order valence-electron chi connectivity index (χ0n) is 12.0. The molecule has 0 aliphatic carbocycles. The van der Waals surface area contributed by atoms with Crippen molar-refractivity contribution in [2.24, 2.45) is 0 Å². The lowest BCUT2D eigenvalue weighted by molar-refractivity contribution is 0.310. The van der Waals surface area contributed by atoms with Gasteiger partial charge < -0.3 is 14.8 Å². The zero-order chi connectivity index (χ0) is 14.4. The van der Waals surface area contributed by atoms with Gasteiger partial charge in [-0.15, -0.1) is 0 Å².